The van der Waals surface area contributed by atoms with E-state index in [1.54, 1.807) is 19.1 Å². The summed E-state index contributed by atoms with van der Waals surface area (Å²) in [5.74, 6) is -0.260. The van der Waals surface area contributed by atoms with Gasteiger partial charge in [0.15, 0.2) is 0 Å². The Hall–Kier alpha value is -2.62. The van der Waals surface area contributed by atoms with Crippen LogP contribution in [0.25, 0.3) is 0 Å². The Morgan fingerprint density at radius 3 is 2.55 bits per heavy atom. The fraction of sp³-hybridized carbons (Fsp3) is 0.222. The number of amides is 1. The van der Waals surface area contributed by atoms with Gasteiger partial charge in [0, 0.05) is 18.7 Å². The molecule has 1 heterocycles. The van der Waals surface area contributed by atoms with Crippen LogP contribution in [0.4, 0.5) is 0 Å². The number of benzene rings is 2. The monoisotopic (exact) mass is 295 g/mol. The van der Waals surface area contributed by atoms with Crippen LogP contribution in [0, 0.1) is 0 Å². The Morgan fingerprint density at radius 2 is 1.86 bits per heavy atom. The van der Waals surface area contributed by atoms with Gasteiger partial charge < -0.3 is 9.64 Å². The van der Waals surface area contributed by atoms with Gasteiger partial charge in [-0.15, -0.1) is 0 Å². The van der Waals surface area contributed by atoms with Crippen LogP contribution in [0.1, 0.15) is 38.8 Å². The summed E-state index contributed by atoms with van der Waals surface area (Å²) in [6, 6.07) is 14.9. The summed E-state index contributed by atoms with van der Waals surface area (Å²) in [6.45, 7) is 3.31. The highest BCUT2D eigenvalue weighted by Gasteiger charge is 2.26. The minimum atomic E-state index is -0.321. The largest absolute Gasteiger partial charge is 0.462 e. The van der Waals surface area contributed by atoms with Crippen LogP contribution in [-0.4, -0.2) is 23.4 Å². The molecule has 112 valence electrons. The second kappa shape index (κ2) is 6.02. The molecule has 0 aliphatic carbocycles. The van der Waals surface area contributed by atoms with Crippen molar-refractivity contribution < 1.29 is 14.3 Å². The van der Waals surface area contributed by atoms with Gasteiger partial charge in [-0.3, -0.25) is 4.79 Å². The molecule has 0 atom stereocenters. The summed E-state index contributed by atoms with van der Waals surface area (Å²) in [5.41, 5.74) is 3.37. The molecule has 3 rings (SSSR count). The van der Waals surface area contributed by atoms with Crippen molar-refractivity contribution >= 4 is 11.9 Å². The molecule has 1 amide bonds. The maximum Gasteiger partial charge on any atom is 0.338 e. The quantitative estimate of drug-likeness (QED) is 0.815. The standard InChI is InChI=1S/C18H17NO3/c1-2-22-18(21)14-9-7-13(8-10-14)11-19-12-15-5-3-4-6-16(15)17(19)20/h3-10H,2,11-12H2,1H3. The summed E-state index contributed by atoms with van der Waals surface area (Å²) in [6.07, 6.45) is 0. The average molecular weight is 295 g/mol. The molecule has 4 heteroatoms. The molecule has 1 aliphatic heterocycles. The minimum Gasteiger partial charge on any atom is -0.462 e. The summed E-state index contributed by atoms with van der Waals surface area (Å²) in [4.78, 5) is 25.7. The van der Waals surface area contributed by atoms with Gasteiger partial charge in [-0.2, -0.15) is 0 Å². The van der Waals surface area contributed by atoms with Gasteiger partial charge in [0.1, 0.15) is 0 Å². The molecule has 0 bridgehead atoms. The fourth-order valence-electron chi connectivity index (χ4n) is 2.62. The van der Waals surface area contributed by atoms with E-state index < -0.39 is 0 Å². The molecule has 0 aromatic heterocycles. The summed E-state index contributed by atoms with van der Waals surface area (Å²) in [7, 11) is 0. The first-order chi connectivity index (χ1) is 10.7. The lowest BCUT2D eigenvalue weighted by atomic mass is 10.1. The lowest BCUT2D eigenvalue weighted by Crippen LogP contribution is -2.23. The molecule has 0 saturated heterocycles. The van der Waals surface area contributed by atoms with Gasteiger partial charge in [0.05, 0.1) is 12.2 Å². The molecular weight excluding hydrogens is 278 g/mol. The van der Waals surface area contributed by atoms with Gasteiger partial charge in [-0.1, -0.05) is 30.3 Å². The molecule has 4 nitrogen and oxygen atoms in total. The number of esters is 1. The molecule has 2 aromatic rings. The number of nitrogens with zero attached hydrogens (tertiary/aromatic N) is 1. The molecule has 2 aromatic carbocycles. The van der Waals surface area contributed by atoms with Gasteiger partial charge in [-0.05, 0) is 36.2 Å². The maximum atomic E-state index is 12.3. The van der Waals surface area contributed by atoms with Crippen LogP contribution in [0.5, 0.6) is 0 Å². The third kappa shape index (κ3) is 2.72. The topological polar surface area (TPSA) is 46.6 Å². The smallest absolute Gasteiger partial charge is 0.338 e. The third-order valence-electron chi connectivity index (χ3n) is 3.73. The molecule has 0 fully saturated rings. The van der Waals surface area contributed by atoms with Crippen LogP contribution >= 0.6 is 0 Å². The van der Waals surface area contributed by atoms with Crippen LogP contribution < -0.4 is 0 Å². The zero-order chi connectivity index (χ0) is 15.5. The molecule has 0 spiro atoms. The highest BCUT2D eigenvalue weighted by atomic mass is 16.5. The van der Waals surface area contributed by atoms with Crippen LogP contribution in [0.15, 0.2) is 48.5 Å². The number of rotatable bonds is 4. The molecule has 0 unspecified atom stereocenters. The average Bonchev–Trinajstić information content (AvgIpc) is 2.85. The Bertz CT molecular complexity index is 707. The van der Waals surface area contributed by atoms with Crippen molar-refractivity contribution in [2.45, 2.75) is 20.0 Å². The Morgan fingerprint density at radius 1 is 1.14 bits per heavy atom. The highest BCUT2D eigenvalue weighted by molar-refractivity contribution is 5.98. The van der Waals surface area contributed by atoms with Crippen LogP contribution in [-0.2, 0) is 17.8 Å². The number of ether oxygens (including phenoxy) is 1. The summed E-state index contributed by atoms with van der Waals surface area (Å²) >= 11 is 0. The van der Waals surface area contributed by atoms with Crippen molar-refractivity contribution in [1.29, 1.82) is 0 Å². The van der Waals surface area contributed by atoms with Gasteiger partial charge in [0.2, 0.25) is 0 Å². The van der Waals surface area contributed by atoms with E-state index in [-0.39, 0.29) is 11.9 Å². The first-order valence-corrected chi connectivity index (χ1v) is 7.32. The number of carbonyl (C=O) groups excluding carboxylic acids is 2. The molecule has 0 saturated carbocycles. The molecular formula is C18H17NO3. The van der Waals surface area contributed by atoms with Crippen LogP contribution in [0.3, 0.4) is 0 Å². The van der Waals surface area contributed by atoms with Crippen LogP contribution in [0.2, 0.25) is 0 Å². The fourth-order valence-corrected chi connectivity index (χ4v) is 2.62. The molecule has 1 aliphatic rings. The first kappa shape index (κ1) is 14.3. The number of carbonyl (C=O) groups is 2. The van der Waals surface area contributed by atoms with E-state index in [2.05, 4.69) is 0 Å². The maximum absolute atomic E-state index is 12.3. The highest BCUT2D eigenvalue weighted by Crippen LogP contribution is 2.24. The zero-order valence-electron chi connectivity index (χ0n) is 12.4. The number of hydrogen-bond acceptors (Lipinski definition) is 3. The second-order valence-electron chi connectivity index (χ2n) is 5.24. The first-order valence-electron chi connectivity index (χ1n) is 7.32. The van der Waals surface area contributed by atoms with Gasteiger partial charge in [0.25, 0.3) is 5.91 Å². The Balaban J connectivity index is 1.70. The van der Waals surface area contributed by atoms with E-state index in [1.807, 2.05) is 41.3 Å². The predicted molar refractivity (Wildman–Crippen MR) is 82.4 cm³/mol. The van der Waals surface area contributed by atoms with Crippen molar-refractivity contribution in [1.82, 2.24) is 4.90 Å². The van der Waals surface area contributed by atoms with E-state index in [0.717, 1.165) is 16.7 Å². The second-order valence-corrected chi connectivity index (χ2v) is 5.24. The third-order valence-corrected chi connectivity index (χ3v) is 3.73. The lowest BCUT2D eigenvalue weighted by Gasteiger charge is -2.15. The molecule has 0 radical (unpaired) electrons. The van der Waals surface area contributed by atoms with E-state index in [9.17, 15) is 9.59 Å². The zero-order valence-corrected chi connectivity index (χ0v) is 12.4. The van der Waals surface area contributed by atoms with E-state index in [4.69, 9.17) is 4.74 Å². The van der Waals surface area contributed by atoms with Gasteiger partial charge in [-0.25, -0.2) is 4.79 Å². The van der Waals surface area contributed by atoms with Crippen molar-refractivity contribution in [3.8, 4) is 0 Å². The predicted octanol–water partition coefficient (Wildman–Crippen LogP) is 3.02. The Labute approximate surface area is 129 Å². The Kier molecular flexibility index (Phi) is 3.92. The lowest BCUT2D eigenvalue weighted by molar-refractivity contribution is 0.0526. The number of hydrogen-bond donors (Lipinski definition) is 0. The SMILES string of the molecule is CCOC(=O)c1ccc(CN2Cc3ccccc3C2=O)cc1. The van der Waals surface area contributed by atoms with E-state index >= 15 is 0 Å². The molecule has 22 heavy (non-hydrogen) atoms. The normalized spacial score (nSPS) is 13.1. The van der Waals surface area contributed by atoms with Crippen molar-refractivity contribution in [3.05, 3.63) is 70.8 Å². The summed E-state index contributed by atoms with van der Waals surface area (Å²) < 4.78 is 4.96. The number of fused-ring (bicyclic) bond motifs is 1. The molecule has 0 N–H and O–H groups in total. The minimum absolute atomic E-state index is 0.0602. The van der Waals surface area contributed by atoms with Crippen molar-refractivity contribution in [2.24, 2.45) is 0 Å². The van der Waals surface area contributed by atoms with E-state index in [1.165, 1.54) is 0 Å². The van der Waals surface area contributed by atoms with Gasteiger partial charge >= 0.3 is 5.97 Å². The van der Waals surface area contributed by atoms with Crippen molar-refractivity contribution in [3.63, 3.8) is 0 Å². The summed E-state index contributed by atoms with van der Waals surface area (Å²) in [5, 5.41) is 0. The van der Waals surface area contributed by atoms with Crippen molar-refractivity contribution in [2.75, 3.05) is 6.61 Å². The van der Waals surface area contributed by atoms with E-state index in [0.29, 0.717) is 25.3 Å².